The van der Waals surface area contributed by atoms with Crippen molar-refractivity contribution in [2.24, 2.45) is 0 Å². The van der Waals surface area contributed by atoms with Crippen molar-refractivity contribution in [1.29, 1.82) is 0 Å². The Morgan fingerprint density at radius 2 is 1.68 bits per heavy atom. The zero-order valence-electron chi connectivity index (χ0n) is 15.0. The molecule has 1 unspecified atom stereocenters. The van der Waals surface area contributed by atoms with Crippen LogP contribution in [0.25, 0.3) is 0 Å². The van der Waals surface area contributed by atoms with E-state index in [1.165, 1.54) is 32.1 Å². The van der Waals surface area contributed by atoms with E-state index < -0.39 is 7.82 Å². The summed E-state index contributed by atoms with van der Waals surface area (Å²) in [5, 5.41) is 0. The van der Waals surface area contributed by atoms with E-state index in [2.05, 4.69) is 11.4 Å². The molecule has 0 saturated carbocycles. The number of ether oxygens (including phenoxy) is 2. The van der Waals surface area contributed by atoms with Crippen LogP contribution in [0.3, 0.4) is 0 Å². The zero-order chi connectivity index (χ0) is 18.4. The van der Waals surface area contributed by atoms with E-state index in [4.69, 9.17) is 19.3 Å². The molecule has 0 aliphatic carbocycles. The molecule has 0 bridgehead atoms. The van der Waals surface area contributed by atoms with E-state index in [0.717, 1.165) is 18.6 Å². The topological polar surface area (TPSA) is 85.2 Å². The van der Waals surface area contributed by atoms with Gasteiger partial charge in [0.2, 0.25) is 0 Å². The van der Waals surface area contributed by atoms with Crippen LogP contribution < -0.4 is 4.74 Å². The second kappa shape index (κ2) is 13.3. The third kappa shape index (κ3) is 13.0. The van der Waals surface area contributed by atoms with Crippen molar-refractivity contribution in [2.45, 2.75) is 58.0 Å². The van der Waals surface area contributed by atoms with Gasteiger partial charge in [0.15, 0.2) is 0 Å². The minimum absolute atomic E-state index is 0.0800. The van der Waals surface area contributed by atoms with E-state index >= 15 is 0 Å². The third-order valence-corrected chi connectivity index (χ3v) is 4.24. The molecular weight excluding hydrogens is 343 g/mol. The molecule has 1 rings (SSSR count). The summed E-state index contributed by atoms with van der Waals surface area (Å²) in [6.07, 6.45) is 8.10. The Bertz CT molecular complexity index is 476. The van der Waals surface area contributed by atoms with Gasteiger partial charge < -0.3 is 19.3 Å². The number of hydrogen-bond acceptors (Lipinski definition) is 4. The standard InChI is InChI=1S/C18H31O6P/c1-2-3-4-5-6-8-13-18(24-17-11-9-7-10-12-17)16-22-14-15-23-25(19,20)21/h7,9-12,18H,2-6,8,13-16H2,1H3,(H2,19,20,21). The van der Waals surface area contributed by atoms with Crippen molar-refractivity contribution in [3.05, 3.63) is 30.3 Å². The molecule has 25 heavy (non-hydrogen) atoms. The van der Waals surface area contributed by atoms with E-state index in [1.54, 1.807) is 0 Å². The Morgan fingerprint density at radius 1 is 1.00 bits per heavy atom. The van der Waals surface area contributed by atoms with Gasteiger partial charge in [-0.3, -0.25) is 4.52 Å². The van der Waals surface area contributed by atoms with Crippen LogP contribution in [0, 0.1) is 0 Å². The number of hydrogen-bond donors (Lipinski definition) is 2. The molecule has 0 aliphatic heterocycles. The summed E-state index contributed by atoms with van der Waals surface area (Å²) in [6, 6.07) is 9.60. The fourth-order valence-corrected chi connectivity index (χ4v) is 2.76. The average molecular weight is 374 g/mol. The van der Waals surface area contributed by atoms with Gasteiger partial charge in [0.1, 0.15) is 11.9 Å². The fourth-order valence-electron chi connectivity index (χ4n) is 2.45. The van der Waals surface area contributed by atoms with Crippen LogP contribution in [0.1, 0.15) is 51.9 Å². The summed E-state index contributed by atoms with van der Waals surface area (Å²) in [5.74, 6) is 0.800. The van der Waals surface area contributed by atoms with Crippen molar-refractivity contribution in [3.8, 4) is 5.75 Å². The Kier molecular flexibility index (Phi) is 11.8. The summed E-state index contributed by atoms with van der Waals surface area (Å²) in [4.78, 5) is 17.3. The van der Waals surface area contributed by atoms with Crippen LogP contribution in [0.15, 0.2) is 30.3 Å². The van der Waals surface area contributed by atoms with E-state index in [-0.39, 0.29) is 19.3 Å². The summed E-state index contributed by atoms with van der Waals surface area (Å²) in [7, 11) is -4.43. The quantitative estimate of drug-likeness (QED) is 0.351. The van der Waals surface area contributed by atoms with Crippen molar-refractivity contribution in [1.82, 2.24) is 0 Å². The molecule has 1 aromatic rings. The summed E-state index contributed by atoms with van der Waals surface area (Å²) in [5.41, 5.74) is 0. The lowest BCUT2D eigenvalue weighted by molar-refractivity contribution is 0.0272. The predicted molar refractivity (Wildman–Crippen MR) is 97.7 cm³/mol. The molecule has 1 atom stereocenters. The molecule has 0 aromatic heterocycles. The molecule has 1 aromatic carbocycles. The largest absolute Gasteiger partial charge is 0.488 e. The maximum absolute atomic E-state index is 10.6. The van der Waals surface area contributed by atoms with Gasteiger partial charge in [-0.15, -0.1) is 0 Å². The van der Waals surface area contributed by atoms with Gasteiger partial charge in [-0.05, 0) is 25.0 Å². The molecule has 0 fully saturated rings. The molecular formula is C18H31O6P. The second-order valence-electron chi connectivity index (χ2n) is 6.01. The zero-order valence-corrected chi connectivity index (χ0v) is 15.9. The highest BCUT2D eigenvalue weighted by Gasteiger charge is 2.14. The van der Waals surface area contributed by atoms with Crippen LogP contribution in [-0.4, -0.2) is 35.7 Å². The first-order valence-electron chi connectivity index (χ1n) is 9.01. The van der Waals surface area contributed by atoms with Crippen molar-refractivity contribution in [2.75, 3.05) is 19.8 Å². The first-order chi connectivity index (χ1) is 12.0. The first kappa shape index (κ1) is 22.1. The van der Waals surface area contributed by atoms with Gasteiger partial charge in [0, 0.05) is 0 Å². The molecule has 0 saturated heterocycles. The van der Waals surface area contributed by atoms with Crippen molar-refractivity contribution >= 4 is 7.82 Å². The Morgan fingerprint density at radius 3 is 2.36 bits per heavy atom. The highest BCUT2D eigenvalue weighted by Crippen LogP contribution is 2.35. The number of phosphoric acid groups is 1. The van der Waals surface area contributed by atoms with Crippen LogP contribution in [0.2, 0.25) is 0 Å². The first-order valence-corrected chi connectivity index (χ1v) is 10.5. The Labute approximate surface area is 150 Å². The number of rotatable bonds is 15. The van der Waals surface area contributed by atoms with Gasteiger partial charge in [0.05, 0.1) is 19.8 Å². The fraction of sp³-hybridized carbons (Fsp3) is 0.667. The SMILES string of the molecule is CCCCCCCCC(COCCOP(=O)(O)O)Oc1ccccc1. The van der Waals surface area contributed by atoms with Gasteiger partial charge in [-0.2, -0.15) is 0 Å². The summed E-state index contributed by atoms with van der Waals surface area (Å²) < 4.78 is 26.4. The third-order valence-electron chi connectivity index (χ3n) is 3.72. The molecule has 0 aliphatic rings. The van der Waals surface area contributed by atoms with Gasteiger partial charge in [-0.25, -0.2) is 4.57 Å². The second-order valence-corrected chi connectivity index (χ2v) is 7.25. The van der Waals surface area contributed by atoms with Gasteiger partial charge >= 0.3 is 7.82 Å². The molecule has 0 amide bonds. The molecule has 0 heterocycles. The number of para-hydroxylation sites is 1. The maximum atomic E-state index is 10.6. The molecule has 7 heteroatoms. The normalized spacial score (nSPS) is 12.9. The predicted octanol–water partition coefficient (Wildman–Crippen LogP) is 4.31. The maximum Gasteiger partial charge on any atom is 0.469 e. The van der Waals surface area contributed by atoms with Crippen LogP contribution >= 0.6 is 7.82 Å². The lowest BCUT2D eigenvalue weighted by Crippen LogP contribution is -2.24. The summed E-state index contributed by atoms with van der Waals surface area (Å²) in [6.45, 7) is 2.56. The van der Waals surface area contributed by atoms with Crippen LogP contribution in [0.5, 0.6) is 5.75 Å². The molecule has 6 nitrogen and oxygen atoms in total. The minimum Gasteiger partial charge on any atom is -0.488 e. The van der Waals surface area contributed by atoms with Crippen molar-refractivity contribution < 1.29 is 28.3 Å². The van der Waals surface area contributed by atoms with E-state index in [9.17, 15) is 4.57 Å². The highest BCUT2D eigenvalue weighted by atomic mass is 31.2. The molecule has 144 valence electrons. The number of phosphoric ester groups is 1. The average Bonchev–Trinajstić information content (AvgIpc) is 2.57. The number of unbranched alkanes of at least 4 members (excludes halogenated alkanes) is 5. The Hall–Kier alpha value is -0.910. The molecule has 0 spiro atoms. The van der Waals surface area contributed by atoms with Gasteiger partial charge in [-0.1, -0.05) is 57.2 Å². The number of benzene rings is 1. The van der Waals surface area contributed by atoms with Crippen LogP contribution in [0.4, 0.5) is 0 Å². The molecule has 0 radical (unpaired) electrons. The Balaban J connectivity index is 2.30. The van der Waals surface area contributed by atoms with Crippen molar-refractivity contribution in [3.63, 3.8) is 0 Å². The minimum atomic E-state index is -4.43. The lowest BCUT2D eigenvalue weighted by atomic mass is 10.1. The van der Waals surface area contributed by atoms with Crippen LogP contribution in [-0.2, 0) is 13.8 Å². The smallest absolute Gasteiger partial charge is 0.469 e. The van der Waals surface area contributed by atoms with E-state index in [0.29, 0.717) is 6.61 Å². The van der Waals surface area contributed by atoms with Gasteiger partial charge in [0.25, 0.3) is 0 Å². The lowest BCUT2D eigenvalue weighted by Gasteiger charge is -2.19. The highest BCUT2D eigenvalue weighted by molar-refractivity contribution is 7.46. The molecule has 2 N–H and O–H groups in total. The summed E-state index contributed by atoms with van der Waals surface area (Å²) >= 11 is 0. The monoisotopic (exact) mass is 374 g/mol. The van der Waals surface area contributed by atoms with E-state index in [1.807, 2.05) is 30.3 Å².